The first kappa shape index (κ1) is 27.9. The number of aliphatic hydroxyl groups is 1. The van der Waals surface area contributed by atoms with Crippen molar-refractivity contribution in [3.8, 4) is 0 Å². The molecule has 1 aliphatic heterocycles. The van der Waals surface area contributed by atoms with Gasteiger partial charge in [0.1, 0.15) is 6.61 Å². The van der Waals surface area contributed by atoms with Crippen LogP contribution in [-0.4, -0.2) is 59.6 Å². The van der Waals surface area contributed by atoms with Gasteiger partial charge in [-0.15, -0.1) is 13.2 Å². The van der Waals surface area contributed by atoms with E-state index in [0.29, 0.717) is 19.4 Å². The Morgan fingerprint density at radius 2 is 1.94 bits per heavy atom. The zero-order valence-electron chi connectivity index (χ0n) is 20.1. The molecule has 7 heteroatoms. The fourth-order valence-electron chi connectivity index (χ4n) is 3.77. The molecule has 32 heavy (non-hydrogen) atoms. The highest BCUT2D eigenvalue weighted by Crippen LogP contribution is 2.23. The normalized spacial score (nSPS) is 18.0. The summed E-state index contributed by atoms with van der Waals surface area (Å²) in [5.74, 6) is -1.21. The van der Waals surface area contributed by atoms with Crippen LogP contribution in [0.25, 0.3) is 0 Å². The summed E-state index contributed by atoms with van der Waals surface area (Å²) in [6.07, 6.45) is 8.39. The molecule has 2 N–H and O–H groups in total. The van der Waals surface area contributed by atoms with Crippen LogP contribution in [0.2, 0.25) is 0 Å². The molecule has 0 aromatic rings. The van der Waals surface area contributed by atoms with Crippen LogP contribution in [0.5, 0.6) is 0 Å². The third-order valence-corrected chi connectivity index (χ3v) is 5.96. The van der Waals surface area contributed by atoms with Gasteiger partial charge in [-0.1, -0.05) is 32.9 Å². The number of esters is 1. The Kier molecular flexibility index (Phi) is 12.3. The molecule has 1 aliphatic rings. The zero-order valence-corrected chi connectivity index (χ0v) is 20.1. The third kappa shape index (κ3) is 9.55. The zero-order chi connectivity index (χ0) is 24.1. The minimum atomic E-state index is -0.556. The number of nitrogens with zero attached hydrogens (tertiary/aromatic N) is 1. The van der Waals surface area contributed by atoms with Crippen LogP contribution in [0.4, 0.5) is 0 Å². The fraction of sp³-hybridized carbons (Fsp3) is 0.720. The number of amides is 2. The summed E-state index contributed by atoms with van der Waals surface area (Å²) in [6, 6.07) is -0.547. The van der Waals surface area contributed by atoms with E-state index in [1.54, 1.807) is 11.0 Å². The Morgan fingerprint density at radius 1 is 1.22 bits per heavy atom. The number of rotatable bonds is 14. The first-order valence-corrected chi connectivity index (χ1v) is 11.7. The number of hydrogen-bond acceptors (Lipinski definition) is 5. The van der Waals surface area contributed by atoms with E-state index in [9.17, 15) is 19.5 Å². The van der Waals surface area contributed by atoms with E-state index in [2.05, 4.69) is 18.5 Å². The van der Waals surface area contributed by atoms with Crippen LogP contribution >= 0.6 is 0 Å². The molecule has 2 amide bonds. The van der Waals surface area contributed by atoms with Crippen molar-refractivity contribution in [2.75, 3.05) is 19.8 Å². The quantitative estimate of drug-likeness (QED) is 0.240. The van der Waals surface area contributed by atoms with Crippen molar-refractivity contribution in [3.05, 3.63) is 25.3 Å². The largest absolute Gasteiger partial charge is 0.463 e. The molecule has 0 unspecified atom stereocenters. The van der Waals surface area contributed by atoms with E-state index in [-0.39, 0.29) is 54.9 Å². The van der Waals surface area contributed by atoms with Crippen LogP contribution in [0.15, 0.2) is 25.3 Å². The van der Waals surface area contributed by atoms with E-state index >= 15 is 0 Å². The molecule has 0 aromatic heterocycles. The lowest BCUT2D eigenvalue weighted by Crippen LogP contribution is -2.49. The van der Waals surface area contributed by atoms with Crippen LogP contribution in [0, 0.1) is 11.3 Å². The van der Waals surface area contributed by atoms with Gasteiger partial charge in [-0.25, -0.2) is 0 Å². The molecule has 0 bridgehead atoms. The first-order valence-electron chi connectivity index (χ1n) is 11.7. The number of carbonyl (C=O) groups excluding carboxylic acids is 3. The predicted molar refractivity (Wildman–Crippen MR) is 126 cm³/mol. The smallest absolute Gasteiger partial charge is 0.305 e. The summed E-state index contributed by atoms with van der Waals surface area (Å²) >= 11 is 0. The maximum absolute atomic E-state index is 13.1. The van der Waals surface area contributed by atoms with Crippen molar-refractivity contribution in [2.24, 2.45) is 11.3 Å². The SMILES string of the molecule is C=CCCCCC(=O)OC[C@@H](NC(=O)[C@H](CC=C)CC(=O)N1CCC[C@H]1CO)C(C)(C)C. The number of hydrogen-bond donors (Lipinski definition) is 2. The molecule has 0 spiro atoms. The minimum Gasteiger partial charge on any atom is -0.463 e. The van der Waals surface area contributed by atoms with Crippen molar-refractivity contribution < 1.29 is 24.2 Å². The lowest BCUT2D eigenvalue weighted by molar-refractivity contribution is -0.146. The molecule has 7 nitrogen and oxygen atoms in total. The van der Waals surface area contributed by atoms with Crippen molar-refractivity contribution in [1.29, 1.82) is 0 Å². The molecule has 0 aromatic carbocycles. The third-order valence-electron chi connectivity index (χ3n) is 5.96. The Hall–Kier alpha value is -2.15. The van der Waals surface area contributed by atoms with Crippen LogP contribution in [-0.2, 0) is 19.1 Å². The van der Waals surface area contributed by atoms with E-state index in [4.69, 9.17) is 4.74 Å². The van der Waals surface area contributed by atoms with Gasteiger partial charge in [0.25, 0.3) is 0 Å². The van der Waals surface area contributed by atoms with Crippen LogP contribution in [0.3, 0.4) is 0 Å². The molecule has 3 atom stereocenters. The lowest BCUT2D eigenvalue weighted by atomic mass is 9.86. The average molecular weight is 451 g/mol. The van der Waals surface area contributed by atoms with E-state index in [1.807, 2.05) is 26.8 Å². The molecular formula is C25H42N2O5. The van der Waals surface area contributed by atoms with Gasteiger partial charge in [-0.3, -0.25) is 14.4 Å². The summed E-state index contributed by atoms with van der Waals surface area (Å²) in [4.78, 5) is 39.6. The van der Waals surface area contributed by atoms with Gasteiger partial charge in [0.05, 0.1) is 24.6 Å². The first-order chi connectivity index (χ1) is 15.1. The van der Waals surface area contributed by atoms with E-state index in [1.165, 1.54) is 0 Å². The Bertz CT molecular complexity index is 641. The molecule has 182 valence electrons. The monoisotopic (exact) mass is 450 g/mol. The maximum atomic E-state index is 13.1. The predicted octanol–water partition coefficient (Wildman–Crippen LogP) is 3.37. The molecule has 0 saturated carbocycles. The van der Waals surface area contributed by atoms with E-state index < -0.39 is 5.92 Å². The number of aliphatic hydroxyl groups excluding tert-OH is 1. The molecule has 1 saturated heterocycles. The van der Waals surface area contributed by atoms with Crippen LogP contribution < -0.4 is 5.32 Å². The standard InChI is InChI=1S/C25H42N2O5/c1-6-8-9-10-14-23(30)32-18-21(25(3,4)5)26-24(31)19(12-7-2)16-22(29)27-15-11-13-20(27)17-28/h6-7,19-21,28H,1-2,8-18H2,3-5H3,(H,26,31)/t19-,20+,21-/m1/s1. The minimum absolute atomic E-state index is 0.0604. The van der Waals surface area contributed by atoms with E-state index in [0.717, 1.165) is 32.1 Å². The Morgan fingerprint density at radius 3 is 2.53 bits per heavy atom. The van der Waals surface area contributed by atoms with Crippen molar-refractivity contribution in [1.82, 2.24) is 10.2 Å². The molecular weight excluding hydrogens is 408 g/mol. The van der Waals surface area contributed by atoms with Gasteiger partial charge in [0, 0.05) is 19.4 Å². The number of likely N-dealkylation sites (tertiary alicyclic amines) is 1. The highest BCUT2D eigenvalue weighted by Gasteiger charge is 2.33. The second-order valence-electron chi connectivity index (χ2n) is 9.64. The van der Waals surface area contributed by atoms with Gasteiger partial charge < -0.3 is 20.1 Å². The summed E-state index contributed by atoms with van der Waals surface area (Å²) < 4.78 is 5.44. The summed E-state index contributed by atoms with van der Waals surface area (Å²) in [6.45, 7) is 13.9. The molecule has 1 fully saturated rings. The highest BCUT2D eigenvalue weighted by atomic mass is 16.5. The second-order valence-corrected chi connectivity index (χ2v) is 9.64. The van der Waals surface area contributed by atoms with Crippen molar-refractivity contribution in [3.63, 3.8) is 0 Å². The van der Waals surface area contributed by atoms with Gasteiger partial charge in [-0.05, 0) is 43.9 Å². The highest BCUT2D eigenvalue weighted by molar-refractivity contribution is 5.86. The number of nitrogens with one attached hydrogen (secondary N) is 1. The van der Waals surface area contributed by atoms with Crippen LogP contribution in [0.1, 0.15) is 72.1 Å². The maximum Gasteiger partial charge on any atom is 0.305 e. The van der Waals surface area contributed by atoms with Gasteiger partial charge >= 0.3 is 5.97 Å². The molecule has 1 heterocycles. The van der Waals surface area contributed by atoms with Crippen molar-refractivity contribution in [2.45, 2.75) is 84.2 Å². The van der Waals surface area contributed by atoms with Crippen molar-refractivity contribution >= 4 is 17.8 Å². The number of carbonyl (C=O) groups is 3. The average Bonchev–Trinajstić information content (AvgIpc) is 3.22. The topological polar surface area (TPSA) is 95.9 Å². The number of ether oxygens (including phenoxy) is 1. The Balaban J connectivity index is 2.70. The van der Waals surface area contributed by atoms with Gasteiger partial charge in [0.2, 0.25) is 11.8 Å². The number of unbranched alkanes of at least 4 members (excludes halogenated alkanes) is 2. The lowest BCUT2D eigenvalue weighted by Gasteiger charge is -2.32. The summed E-state index contributed by atoms with van der Waals surface area (Å²) in [5.41, 5.74) is -0.335. The second kappa shape index (κ2) is 14.1. The van der Waals surface area contributed by atoms with Gasteiger partial charge in [-0.2, -0.15) is 0 Å². The molecule has 0 radical (unpaired) electrons. The molecule has 1 rings (SSSR count). The fourth-order valence-corrected chi connectivity index (χ4v) is 3.77. The van der Waals surface area contributed by atoms with Gasteiger partial charge in [0.15, 0.2) is 0 Å². The summed E-state index contributed by atoms with van der Waals surface area (Å²) in [7, 11) is 0. The number of allylic oxidation sites excluding steroid dienone is 2. The molecule has 0 aliphatic carbocycles. The summed E-state index contributed by atoms with van der Waals surface area (Å²) in [5, 5.41) is 12.5. The Labute approximate surface area is 193 Å².